The number of carbonyl (C=O) groups excluding carboxylic acids is 2. The van der Waals surface area contributed by atoms with Gasteiger partial charge in [0.15, 0.2) is 5.78 Å². The number of rotatable bonds is 5. The maximum absolute atomic E-state index is 13.2. The van der Waals surface area contributed by atoms with E-state index in [2.05, 4.69) is 10.6 Å². The van der Waals surface area contributed by atoms with Gasteiger partial charge in [0.25, 0.3) is 0 Å². The molecule has 0 bridgehead atoms. The van der Waals surface area contributed by atoms with Gasteiger partial charge in [-0.15, -0.1) is 0 Å². The maximum atomic E-state index is 13.2. The molecule has 4 N–H and O–H groups in total. The van der Waals surface area contributed by atoms with Crippen molar-refractivity contribution < 1.29 is 18.9 Å². The number of Topliss-reactive ketones (excluding diaryl/α,β-unsaturated/α-hetero) is 1. The van der Waals surface area contributed by atoms with E-state index in [1.807, 2.05) is 0 Å². The molecule has 8 nitrogen and oxygen atoms in total. The van der Waals surface area contributed by atoms with Crippen LogP contribution >= 0.6 is 0 Å². The van der Waals surface area contributed by atoms with Crippen LogP contribution in [0.1, 0.15) is 10.4 Å². The second kappa shape index (κ2) is 7.29. The highest BCUT2D eigenvalue weighted by atomic mass is 19.1. The molecule has 2 amide bonds. The van der Waals surface area contributed by atoms with E-state index >= 15 is 0 Å². The summed E-state index contributed by atoms with van der Waals surface area (Å²) in [7, 11) is 0. The molecule has 0 fully saturated rings. The first-order valence-electron chi connectivity index (χ1n) is 6.76. The van der Waals surface area contributed by atoms with Crippen molar-refractivity contribution in [3.8, 4) is 0 Å². The molecule has 0 radical (unpaired) electrons. The van der Waals surface area contributed by atoms with E-state index in [4.69, 9.17) is 5.73 Å². The SMILES string of the molecule is NCC(=O)c1cccc(NC(=O)Nc2ccc(F)c([N+](=O)[O-])c2)c1. The number of anilines is 2. The third-order valence-electron chi connectivity index (χ3n) is 3.03. The fourth-order valence-electron chi connectivity index (χ4n) is 1.91. The molecule has 0 spiro atoms. The second-order valence-electron chi connectivity index (χ2n) is 4.71. The molecule has 0 aliphatic rings. The number of benzene rings is 2. The smallest absolute Gasteiger partial charge is 0.323 e. The number of amides is 2. The summed E-state index contributed by atoms with van der Waals surface area (Å²) in [5.41, 5.74) is 5.25. The molecule has 0 atom stereocenters. The molecular weight excluding hydrogens is 319 g/mol. The van der Waals surface area contributed by atoms with Gasteiger partial charge in [0.1, 0.15) is 0 Å². The Bertz CT molecular complexity index is 810. The number of urea groups is 1. The fraction of sp³-hybridized carbons (Fsp3) is 0.0667. The van der Waals surface area contributed by atoms with Crippen LogP contribution in [0, 0.1) is 15.9 Å². The summed E-state index contributed by atoms with van der Waals surface area (Å²) < 4.78 is 13.2. The van der Waals surface area contributed by atoms with Crippen LogP contribution in [-0.2, 0) is 0 Å². The number of nitro benzene ring substituents is 1. The van der Waals surface area contributed by atoms with Gasteiger partial charge >= 0.3 is 11.7 Å². The number of nitrogens with zero attached hydrogens (tertiary/aromatic N) is 1. The number of nitrogens with two attached hydrogens (primary N) is 1. The van der Waals surface area contributed by atoms with Crippen molar-refractivity contribution >= 4 is 28.9 Å². The second-order valence-corrected chi connectivity index (χ2v) is 4.71. The molecule has 0 saturated carbocycles. The highest BCUT2D eigenvalue weighted by molar-refractivity contribution is 6.02. The molecule has 0 aliphatic carbocycles. The normalized spacial score (nSPS) is 10.1. The van der Waals surface area contributed by atoms with Crippen molar-refractivity contribution in [3.05, 3.63) is 64.0 Å². The number of halogens is 1. The zero-order valence-corrected chi connectivity index (χ0v) is 12.3. The summed E-state index contributed by atoms with van der Waals surface area (Å²) in [4.78, 5) is 33.2. The predicted molar refractivity (Wildman–Crippen MR) is 85.5 cm³/mol. The van der Waals surface area contributed by atoms with E-state index < -0.39 is 22.5 Å². The lowest BCUT2D eigenvalue weighted by Crippen LogP contribution is -2.20. The third kappa shape index (κ3) is 4.11. The number of hydrogen-bond acceptors (Lipinski definition) is 5. The first-order valence-corrected chi connectivity index (χ1v) is 6.76. The molecule has 0 unspecified atom stereocenters. The van der Waals surface area contributed by atoms with Gasteiger partial charge in [0.2, 0.25) is 5.82 Å². The number of ketones is 1. The van der Waals surface area contributed by atoms with Crippen molar-refractivity contribution in [2.75, 3.05) is 17.2 Å². The lowest BCUT2D eigenvalue weighted by atomic mass is 10.1. The van der Waals surface area contributed by atoms with Crippen molar-refractivity contribution in [2.24, 2.45) is 5.73 Å². The Morgan fingerprint density at radius 3 is 2.42 bits per heavy atom. The molecular formula is C15H13FN4O4. The van der Waals surface area contributed by atoms with Crippen LogP contribution in [0.25, 0.3) is 0 Å². The van der Waals surface area contributed by atoms with Crippen molar-refractivity contribution in [1.29, 1.82) is 0 Å². The van der Waals surface area contributed by atoms with Crippen molar-refractivity contribution in [2.45, 2.75) is 0 Å². The average molecular weight is 332 g/mol. The molecule has 9 heteroatoms. The van der Waals surface area contributed by atoms with Crippen LogP contribution in [0.2, 0.25) is 0 Å². The molecule has 2 rings (SSSR count). The van der Waals surface area contributed by atoms with Gasteiger partial charge in [-0.25, -0.2) is 4.79 Å². The lowest BCUT2D eigenvalue weighted by molar-refractivity contribution is -0.387. The van der Waals surface area contributed by atoms with E-state index in [0.717, 1.165) is 12.1 Å². The fourth-order valence-corrected chi connectivity index (χ4v) is 1.91. The van der Waals surface area contributed by atoms with E-state index in [0.29, 0.717) is 11.3 Å². The zero-order chi connectivity index (χ0) is 17.7. The molecule has 24 heavy (non-hydrogen) atoms. The van der Waals surface area contributed by atoms with Gasteiger partial charge in [-0.1, -0.05) is 12.1 Å². The highest BCUT2D eigenvalue weighted by Gasteiger charge is 2.15. The number of hydrogen-bond donors (Lipinski definition) is 3. The summed E-state index contributed by atoms with van der Waals surface area (Å²) in [6, 6.07) is 8.41. The minimum absolute atomic E-state index is 0.0507. The number of nitrogens with one attached hydrogen (secondary N) is 2. The van der Waals surface area contributed by atoms with Gasteiger partial charge in [-0.2, -0.15) is 4.39 Å². The summed E-state index contributed by atoms with van der Waals surface area (Å²) in [5.74, 6) is -1.29. The van der Waals surface area contributed by atoms with Crippen LogP contribution in [-0.4, -0.2) is 23.3 Å². The Labute approximate surface area is 135 Å². The molecule has 0 heterocycles. The number of carbonyl (C=O) groups is 2. The minimum atomic E-state index is -1.00. The van der Waals surface area contributed by atoms with E-state index in [1.54, 1.807) is 18.2 Å². The minimum Gasteiger partial charge on any atom is -0.324 e. The average Bonchev–Trinajstić information content (AvgIpc) is 2.55. The van der Waals surface area contributed by atoms with Gasteiger partial charge in [0, 0.05) is 23.0 Å². The standard InChI is InChI=1S/C15H13FN4O4/c16-12-5-4-11(7-13(12)20(23)24)19-15(22)18-10-3-1-2-9(6-10)14(21)8-17/h1-7H,8,17H2,(H2,18,19,22). The first-order chi connectivity index (χ1) is 11.4. The largest absolute Gasteiger partial charge is 0.324 e. The summed E-state index contributed by atoms with van der Waals surface area (Å²) in [6.07, 6.45) is 0. The van der Waals surface area contributed by atoms with E-state index in [9.17, 15) is 24.1 Å². The molecule has 124 valence electrons. The van der Waals surface area contributed by atoms with Crippen molar-refractivity contribution in [1.82, 2.24) is 0 Å². The van der Waals surface area contributed by atoms with Crippen LogP contribution in [0.3, 0.4) is 0 Å². The Hall–Kier alpha value is -3.33. The van der Waals surface area contributed by atoms with Gasteiger partial charge in [0.05, 0.1) is 11.5 Å². The summed E-state index contributed by atoms with van der Waals surface area (Å²) in [5, 5.41) is 15.5. The first kappa shape index (κ1) is 17.0. The van der Waals surface area contributed by atoms with Crippen LogP contribution in [0.5, 0.6) is 0 Å². The van der Waals surface area contributed by atoms with Gasteiger partial charge in [-0.3, -0.25) is 14.9 Å². The van der Waals surface area contributed by atoms with Crippen LogP contribution in [0.4, 0.5) is 26.2 Å². The molecule has 0 saturated heterocycles. The van der Waals surface area contributed by atoms with E-state index in [-0.39, 0.29) is 18.0 Å². The highest BCUT2D eigenvalue weighted by Crippen LogP contribution is 2.21. The van der Waals surface area contributed by atoms with Gasteiger partial charge in [-0.05, 0) is 24.3 Å². The zero-order valence-electron chi connectivity index (χ0n) is 12.3. The quantitative estimate of drug-likeness (QED) is 0.440. The topological polar surface area (TPSA) is 127 Å². The number of nitro groups is 1. The lowest BCUT2D eigenvalue weighted by Gasteiger charge is -2.09. The summed E-state index contributed by atoms with van der Waals surface area (Å²) in [6.45, 7) is -0.158. The molecule has 2 aromatic carbocycles. The maximum Gasteiger partial charge on any atom is 0.323 e. The third-order valence-corrected chi connectivity index (χ3v) is 3.03. The Balaban J connectivity index is 2.10. The van der Waals surface area contributed by atoms with Crippen LogP contribution < -0.4 is 16.4 Å². The Morgan fingerprint density at radius 2 is 1.79 bits per heavy atom. The van der Waals surface area contributed by atoms with Crippen molar-refractivity contribution in [3.63, 3.8) is 0 Å². The monoisotopic (exact) mass is 332 g/mol. The Morgan fingerprint density at radius 1 is 1.12 bits per heavy atom. The van der Waals surface area contributed by atoms with E-state index in [1.165, 1.54) is 12.1 Å². The van der Waals surface area contributed by atoms with Crippen LogP contribution in [0.15, 0.2) is 42.5 Å². The predicted octanol–water partition coefficient (Wildman–Crippen LogP) is 2.52. The summed E-state index contributed by atoms with van der Waals surface area (Å²) >= 11 is 0. The Kier molecular flexibility index (Phi) is 5.17. The van der Waals surface area contributed by atoms with Gasteiger partial charge < -0.3 is 16.4 Å². The molecule has 0 aliphatic heterocycles. The molecule has 2 aromatic rings. The molecule has 0 aromatic heterocycles.